The van der Waals surface area contributed by atoms with Gasteiger partial charge in [0.25, 0.3) is 0 Å². The van der Waals surface area contributed by atoms with E-state index in [2.05, 4.69) is 12.2 Å². The molecule has 1 aromatic carbocycles. The standard InChI is InChI=1S/C15H22FNO/c1-3-17-11-10-15(8-5-9-15)18-13-7-4-6-12(2)14(13)16/h4,6-7,17H,3,5,8-11H2,1-2H3. The zero-order valence-corrected chi connectivity index (χ0v) is 11.3. The number of rotatable bonds is 6. The third-order valence-electron chi connectivity index (χ3n) is 3.76. The molecular weight excluding hydrogens is 229 g/mol. The van der Waals surface area contributed by atoms with E-state index in [4.69, 9.17) is 4.74 Å². The van der Waals surface area contributed by atoms with Crippen molar-refractivity contribution in [2.75, 3.05) is 13.1 Å². The van der Waals surface area contributed by atoms with E-state index < -0.39 is 0 Å². The van der Waals surface area contributed by atoms with Gasteiger partial charge >= 0.3 is 0 Å². The fourth-order valence-corrected chi connectivity index (χ4v) is 2.40. The van der Waals surface area contributed by atoms with Gasteiger partial charge < -0.3 is 10.1 Å². The zero-order chi connectivity index (χ0) is 13.0. The molecular formula is C15H22FNO. The second-order valence-corrected chi connectivity index (χ2v) is 5.13. The molecule has 0 aliphatic heterocycles. The quantitative estimate of drug-likeness (QED) is 0.782. The first kappa shape index (κ1) is 13.3. The Kier molecular flexibility index (Phi) is 4.23. The van der Waals surface area contributed by atoms with Crippen LogP contribution in [-0.4, -0.2) is 18.7 Å². The maximum atomic E-state index is 13.9. The molecule has 1 fully saturated rings. The molecule has 18 heavy (non-hydrogen) atoms. The summed E-state index contributed by atoms with van der Waals surface area (Å²) in [5, 5.41) is 3.31. The number of nitrogens with one attached hydrogen (secondary N) is 1. The molecule has 100 valence electrons. The topological polar surface area (TPSA) is 21.3 Å². The number of ether oxygens (including phenoxy) is 1. The first-order valence-electron chi connectivity index (χ1n) is 6.82. The summed E-state index contributed by atoms with van der Waals surface area (Å²) >= 11 is 0. The molecule has 0 amide bonds. The van der Waals surface area contributed by atoms with Crippen LogP contribution in [0.5, 0.6) is 5.75 Å². The minimum absolute atomic E-state index is 0.142. The lowest BCUT2D eigenvalue weighted by atomic mass is 9.77. The van der Waals surface area contributed by atoms with Gasteiger partial charge in [-0.3, -0.25) is 0 Å². The molecule has 1 aromatic rings. The van der Waals surface area contributed by atoms with Gasteiger partial charge in [0, 0.05) is 0 Å². The van der Waals surface area contributed by atoms with E-state index in [0.29, 0.717) is 11.3 Å². The van der Waals surface area contributed by atoms with Crippen LogP contribution >= 0.6 is 0 Å². The normalized spacial score (nSPS) is 17.3. The lowest BCUT2D eigenvalue weighted by Gasteiger charge is -2.42. The molecule has 1 saturated carbocycles. The molecule has 0 radical (unpaired) electrons. The van der Waals surface area contributed by atoms with Crippen LogP contribution < -0.4 is 10.1 Å². The second-order valence-electron chi connectivity index (χ2n) is 5.13. The highest BCUT2D eigenvalue weighted by Crippen LogP contribution is 2.40. The van der Waals surface area contributed by atoms with Crippen molar-refractivity contribution in [3.05, 3.63) is 29.6 Å². The molecule has 1 N–H and O–H groups in total. The van der Waals surface area contributed by atoms with Gasteiger partial charge in [-0.05, 0) is 57.3 Å². The minimum atomic E-state index is -0.216. The van der Waals surface area contributed by atoms with Crippen LogP contribution in [0.4, 0.5) is 4.39 Å². The molecule has 0 aromatic heterocycles. The Hall–Kier alpha value is -1.09. The number of benzene rings is 1. The van der Waals surface area contributed by atoms with Crippen LogP contribution in [0.2, 0.25) is 0 Å². The molecule has 0 unspecified atom stereocenters. The molecule has 3 heteroatoms. The largest absolute Gasteiger partial charge is 0.484 e. The van der Waals surface area contributed by atoms with Gasteiger partial charge in [-0.25, -0.2) is 4.39 Å². The van der Waals surface area contributed by atoms with E-state index in [9.17, 15) is 4.39 Å². The summed E-state index contributed by atoms with van der Waals surface area (Å²) in [4.78, 5) is 0. The van der Waals surface area contributed by atoms with Crippen LogP contribution in [0, 0.1) is 12.7 Å². The van der Waals surface area contributed by atoms with Crippen molar-refractivity contribution in [3.63, 3.8) is 0 Å². The summed E-state index contributed by atoms with van der Waals surface area (Å²) in [6, 6.07) is 5.36. The lowest BCUT2D eigenvalue weighted by molar-refractivity contribution is -0.0171. The van der Waals surface area contributed by atoms with Gasteiger partial charge in [-0.2, -0.15) is 0 Å². The fourth-order valence-electron chi connectivity index (χ4n) is 2.40. The molecule has 2 nitrogen and oxygen atoms in total. The van der Waals surface area contributed by atoms with E-state index in [1.54, 1.807) is 19.1 Å². The van der Waals surface area contributed by atoms with Crippen molar-refractivity contribution in [1.82, 2.24) is 5.32 Å². The van der Waals surface area contributed by atoms with E-state index in [1.807, 2.05) is 6.07 Å². The van der Waals surface area contributed by atoms with Gasteiger partial charge in [0.1, 0.15) is 5.60 Å². The van der Waals surface area contributed by atoms with Crippen molar-refractivity contribution >= 4 is 0 Å². The number of aryl methyl sites for hydroxylation is 1. The Labute approximate surface area is 109 Å². The van der Waals surface area contributed by atoms with Crippen LogP contribution in [-0.2, 0) is 0 Å². The molecule has 0 bridgehead atoms. The monoisotopic (exact) mass is 251 g/mol. The molecule has 0 saturated heterocycles. The Morgan fingerprint density at radius 1 is 1.39 bits per heavy atom. The lowest BCUT2D eigenvalue weighted by Crippen LogP contribution is -2.45. The predicted octanol–water partition coefficient (Wildman–Crippen LogP) is 3.44. The first-order chi connectivity index (χ1) is 8.67. The van der Waals surface area contributed by atoms with Crippen molar-refractivity contribution in [1.29, 1.82) is 0 Å². The van der Waals surface area contributed by atoms with Crippen molar-refractivity contribution in [3.8, 4) is 5.75 Å². The molecule has 2 rings (SSSR count). The van der Waals surface area contributed by atoms with E-state index in [-0.39, 0.29) is 11.4 Å². The van der Waals surface area contributed by atoms with Crippen LogP contribution in [0.15, 0.2) is 18.2 Å². The minimum Gasteiger partial charge on any atom is -0.484 e. The Morgan fingerprint density at radius 2 is 2.17 bits per heavy atom. The van der Waals surface area contributed by atoms with E-state index in [0.717, 1.165) is 32.4 Å². The van der Waals surface area contributed by atoms with Gasteiger partial charge in [0.05, 0.1) is 0 Å². The number of hydrogen-bond donors (Lipinski definition) is 1. The first-order valence-corrected chi connectivity index (χ1v) is 6.82. The third-order valence-corrected chi connectivity index (χ3v) is 3.76. The van der Waals surface area contributed by atoms with Gasteiger partial charge in [0.15, 0.2) is 11.6 Å². The molecule has 0 heterocycles. The predicted molar refractivity (Wildman–Crippen MR) is 71.5 cm³/mol. The highest BCUT2D eigenvalue weighted by molar-refractivity contribution is 5.31. The smallest absolute Gasteiger partial charge is 0.167 e. The maximum absolute atomic E-state index is 13.9. The molecule has 0 spiro atoms. The third kappa shape index (κ3) is 2.83. The zero-order valence-electron chi connectivity index (χ0n) is 11.3. The Balaban J connectivity index is 2.03. The van der Waals surface area contributed by atoms with Crippen LogP contribution in [0.1, 0.15) is 38.2 Å². The van der Waals surface area contributed by atoms with Crippen molar-refractivity contribution in [2.24, 2.45) is 0 Å². The van der Waals surface area contributed by atoms with Crippen LogP contribution in [0.3, 0.4) is 0 Å². The summed E-state index contributed by atoms with van der Waals surface area (Å²) in [6.45, 7) is 5.77. The van der Waals surface area contributed by atoms with Gasteiger partial charge in [-0.15, -0.1) is 0 Å². The summed E-state index contributed by atoms with van der Waals surface area (Å²) in [5.41, 5.74) is 0.505. The second kappa shape index (κ2) is 5.70. The summed E-state index contributed by atoms with van der Waals surface area (Å²) < 4.78 is 19.9. The molecule has 0 atom stereocenters. The summed E-state index contributed by atoms with van der Waals surface area (Å²) in [6.07, 6.45) is 4.20. The fraction of sp³-hybridized carbons (Fsp3) is 0.600. The van der Waals surface area contributed by atoms with Crippen molar-refractivity contribution < 1.29 is 9.13 Å². The number of halogens is 1. The van der Waals surface area contributed by atoms with E-state index in [1.165, 1.54) is 6.42 Å². The highest BCUT2D eigenvalue weighted by atomic mass is 19.1. The maximum Gasteiger partial charge on any atom is 0.167 e. The van der Waals surface area contributed by atoms with E-state index >= 15 is 0 Å². The molecule has 1 aliphatic rings. The Bertz CT molecular complexity index is 401. The SMILES string of the molecule is CCNCCC1(Oc2cccc(C)c2F)CCC1. The van der Waals surface area contributed by atoms with Gasteiger partial charge in [0.2, 0.25) is 0 Å². The van der Waals surface area contributed by atoms with Crippen LogP contribution in [0.25, 0.3) is 0 Å². The number of hydrogen-bond acceptors (Lipinski definition) is 2. The molecule has 1 aliphatic carbocycles. The van der Waals surface area contributed by atoms with Gasteiger partial charge in [-0.1, -0.05) is 19.1 Å². The highest BCUT2D eigenvalue weighted by Gasteiger charge is 2.39. The Morgan fingerprint density at radius 3 is 2.78 bits per heavy atom. The average molecular weight is 251 g/mol. The summed E-state index contributed by atoms with van der Waals surface area (Å²) in [5.74, 6) is 0.193. The summed E-state index contributed by atoms with van der Waals surface area (Å²) in [7, 11) is 0. The average Bonchev–Trinajstić information content (AvgIpc) is 2.31. The van der Waals surface area contributed by atoms with Crippen molar-refractivity contribution in [2.45, 2.75) is 45.1 Å².